The van der Waals surface area contributed by atoms with Crippen molar-refractivity contribution >= 4 is 62.6 Å². The molecule has 0 unspecified atom stereocenters. The molecule has 0 fully saturated rings. The maximum Gasteiger partial charge on any atom is 0.250 e. The van der Waals surface area contributed by atoms with E-state index in [9.17, 15) is 4.79 Å². The lowest BCUT2D eigenvalue weighted by molar-refractivity contribution is -0.115. The highest BCUT2D eigenvalue weighted by atomic mass is 35.5. The monoisotopic (exact) mass is 474 g/mol. The summed E-state index contributed by atoms with van der Waals surface area (Å²) in [6.45, 7) is 4.53. The van der Waals surface area contributed by atoms with E-state index >= 15 is 0 Å². The minimum absolute atomic E-state index is 0.224. The number of furan rings is 1. The van der Waals surface area contributed by atoms with Gasteiger partial charge in [0.1, 0.15) is 11.3 Å². The summed E-state index contributed by atoms with van der Waals surface area (Å²) in [6.07, 6.45) is 3.23. The Balaban J connectivity index is 1.81. The van der Waals surface area contributed by atoms with Crippen LogP contribution in [0.3, 0.4) is 0 Å². The van der Waals surface area contributed by atoms with Crippen LogP contribution in [0.5, 0.6) is 5.75 Å². The van der Waals surface area contributed by atoms with Gasteiger partial charge >= 0.3 is 0 Å². The van der Waals surface area contributed by atoms with Crippen LogP contribution in [0.1, 0.15) is 18.1 Å². The first kappa shape index (κ1) is 21.8. The number of nitrogens with one attached hydrogen (secondary N) is 1. The van der Waals surface area contributed by atoms with Crippen LogP contribution in [0.15, 0.2) is 46.0 Å². The number of nitrogens with zero attached hydrogens (tertiary/aromatic N) is 1. The molecule has 4 rings (SSSR count). The molecule has 1 amide bonds. The molecule has 160 valence electrons. The first-order chi connectivity index (χ1) is 14.9. The molecule has 5 nitrogen and oxygen atoms in total. The molecule has 0 saturated heterocycles. The van der Waals surface area contributed by atoms with Crippen molar-refractivity contribution in [2.45, 2.75) is 13.8 Å². The van der Waals surface area contributed by atoms with Crippen molar-refractivity contribution in [3.8, 4) is 16.9 Å². The number of carbonyl (C=O) groups is 1. The molecule has 8 heteroatoms. The second-order valence-corrected chi connectivity index (χ2v) is 9.01. The molecule has 1 aromatic heterocycles. The summed E-state index contributed by atoms with van der Waals surface area (Å²) in [5.41, 5.74) is 4.77. The Bertz CT molecular complexity index is 1250. The fourth-order valence-corrected chi connectivity index (χ4v) is 4.86. The van der Waals surface area contributed by atoms with Crippen LogP contribution in [-0.2, 0) is 4.79 Å². The number of hydrogen-bond donors (Lipinski definition) is 1. The largest absolute Gasteiger partial charge is 0.496 e. The van der Waals surface area contributed by atoms with Gasteiger partial charge in [-0.2, -0.15) is 0 Å². The SMILES string of the molecule is COc1c(/C(C)=C/C(=O)NC2=NCCS2)cc2c(-c3ccc(Cl)cc3Cl)coc2c1C. The third kappa shape index (κ3) is 4.33. The van der Waals surface area contributed by atoms with Crippen LogP contribution >= 0.6 is 35.0 Å². The quantitative estimate of drug-likeness (QED) is 0.447. The second-order valence-electron chi connectivity index (χ2n) is 7.08. The molecule has 1 aliphatic rings. The Labute approximate surface area is 194 Å². The van der Waals surface area contributed by atoms with E-state index in [0.717, 1.165) is 45.5 Å². The molecule has 31 heavy (non-hydrogen) atoms. The Morgan fingerprint density at radius 2 is 2.10 bits per heavy atom. The average molecular weight is 475 g/mol. The molecule has 1 aliphatic heterocycles. The second kappa shape index (κ2) is 8.99. The number of halogens is 2. The summed E-state index contributed by atoms with van der Waals surface area (Å²) in [5.74, 6) is 1.32. The molecule has 0 saturated carbocycles. The van der Waals surface area contributed by atoms with Crippen molar-refractivity contribution < 1.29 is 13.9 Å². The number of methoxy groups -OCH3 is 1. The standard InChI is InChI=1S/C23H20Cl2N2O3S/c1-12(8-20(28)27-23-26-6-7-31-23)16-10-17-18(15-5-4-14(24)9-19(15)25)11-30-22(17)13(2)21(16)29-3/h4-5,8-11H,6-7H2,1-3H3,(H,26,27,28)/b12-8+. The number of thioether (sulfide) groups is 1. The van der Waals surface area contributed by atoms with Crippen molar-refractivity contribution in [3.63, 3.8) is 0 Å². The normalized spacial score (nSPS) is 14.1. The predicted octanol–water partition coefficient (Wildman–Crippen LogP) is 6.35. The van der Waals surface area contributed by atoms with Crippen molar-refractivity contribution in [3.05, 3.63) is 57.8 Å². The summed E-state index contributed by atoms with van der Waals surface area (Å²) >= 11 is 14.0. The lowest BCUT2D eigenvalue weighted by Crippen LogP contribution is -2.25. The number of aryl methyl sites for hydroxylation is 1. The molecule has 1 N–H and O–H groups in total. The van der Waals surface area contributed by atoms with Gasteiger partial charge in [0.2, 0.25) is 5.91 Å². The highest BCUT2D eigenvalue weighted by Crippen LogP contribution is 2.42. The van der Waals surface area contributed by atoms with Crippen LogP contribution in [0.2, 0.25) is 10.0 Å². The predicted molar refractivity (Wildman–Crippen MR) is 130 cm³/mol. The Morgan fingerprint density at radius 1 is 1.29 bits per heavy atom. The van der Waals surface area contributed by atoms with Crippen LogP contribution in [0.4, 0.5) is 0 Å². The van der Waals surface area contributed by atoms with Gasteiger partial charge in [0.05, 0.1) is 24.9 Å². The van der Waals surface area contributed by atoms with Crippen molar-refractivity contribution in [2.24, 2.45) is 4.99 Å². The molecule has 2 aromatic carbocycles. The maximum atomic E-state index is 12.5. The number of rotatable bonds is 4. The fourth-order valence-electron chi connectivity index (χ4n) is 3.61. The van der Waals surface area contributed by atoms with Gasteiger partial charge in [0, 0.05) is 44.5 Å². The van der Waals surface area contributed by atoms with Gasteiger partial charge in [-0.15, -0.1) is 0 Å². The zero-order valence-electron chi connectivity index (χ0n) is 17.2. The third-order valence-corrected chi connectivity index (χ3v) is 6.50. The zero-order valence-corrected chi connectivity index (χ0v) is 19.5. The molecule has 3 aromatic rings. The van der Waals surface area contributed by atoms with E-state index in [4.69, 9.17) is 32.4 Å². The number of aliphatic imine (C=N–C) groups is 1. The van der Waals surface area contributed by atoms with E-state index in [1.54, 1.807) is 31.6 Å². The summed E-state index contributed by atoms with van der Waals surface area (Å²) in [6, 6.07) is 7.32. The molecule has 0 radical (unpaired) electrons. The number of amidine groups is 1. The van der Waals surface area contributed by atoms with E-state index in [2.05, 4.69) is 10.3 Å². The van der Waals surface area contributed by atoms with E-state index in [1.165, 1.54) is 11.8 Å². The molecule has 2 heterocycles. The lowest BCUT2D eigenvalue weighted by atomic mass is 9.96. The molecule has 0 spiro atoms. The minimum atomic E-state index is -0.224. The Hall–Kier alpha value is -2.41. The number of benzene rings is 2. The highest BCUT2D eigenvalue weighted by Gasteiger charge is 2.20. The summed E-state index contributed by atoms with van der Waals surface area (Å²) < 4.78 is 11.5. The first-order valence-electron chi connectivity index (χ1n) is 9.60. The third-order valence-electron chi connectivity index (χ3n) is 5.06. The number of carbonyl (C=O) groups excluding carboxylic acids is 1. The number of allylic oxidation sites excluding steroid dienone is 1. The number of hydrogen-bond acceptors (Lipinski definition) is 5. The summed E-state index contributed by atoms with van der Waals surface area (Å²) in [7, 11) is 1.61. The summed E-state index contributed by atoms with van der Waals surface area (Å²) in [5, 5.41) is 5.45. The highest BCUT2D eigenvalue weighted by molar-refractivity contribution is 8.14. The van der Waals surface area contributed by atoms with Crippen LogP contribution < -0.4 is 10.1 Å². The zero-order chi connectivity index (χ0) is 22.1. The minimum Gasteiger partial charge on any atom is -0.496 e. The van der Waals surface area contributed by atoms with Crippen molar-refractivity contribution in [2.75, 3.05) is 19.4 Å². The molecule has 0 aliphatic carbocycles. The fraction of sp³-hybridized carbons (Fsp3) is 0.217. The average Bonchev–Trinajstić information content (AvgIpc) is 3.38. The maximum absolute atomic E-state index is 12.5. The van der Waals surface area contributed by atoms with Gasteiger partial charge in [-0.3, -0.25) is 9.79 Å². The van der Waals surface area contributed by atoms with E-state index in [0.29, 0.717) is 26.5 Å². The summed E-state index contributed by atoms with van der Waals surface area (Å²) in [4.78, 5) is 16.7. The van der Waals surface area contributed by atoms with E-state index < -0.39 is 0 Å². The topological polar surface area (TPSA) is 63.8 Å². The molecular formula is C23H20Cl2N2O3S. The van der Waals surface area contributed by atoms with Crippen LogP contribution in [-0.4, -0.2) is 30.5 Å². The Morgan fingerprint density at radius 3 is 2.77 bits per heavy atom. The smallest absolute Gasteiger partial charge is 0.250 e. The number of fused-ring (bicyclic) bond motifs is 1. The molecule has 0 bridgehead atoms. The van der Waals surface area contributed by atoms with Gasteiger partial charge < -0.3 is 14.5 Å². The van der Waals surface area contributed by atoms with Gasteiger partial charge in [-0.25, -0.2) is 0 Å². The van der Waals surface area contributed by atoms with Crippen molar-refractivity contribution in [1.29, 1.82) is 0 Å². The van der Waals surface area contributed by atoms with Crippen LogP contribution in [0, 0.1) is 6.92 Å². The molecular weight excluding hydrogens is 455 g/mol. The van der Waals surface area contributed by atoms with Crippen molar-refractivity contribution in [1.82, 2.24) is 5.32 Å². The van der Waals surface area contributed by atoms with Gasteiger partial charge in [-0.1, -0.05) is 41.0 Å². The number of amides is 1. The lowest BCUT2D eigenvalue weighted by Gasteiger charge is -2.13. The first-order valence-corrected chi connectivity index (χ1v) is 11.3. The van der Waals surface area contributed by atoms with Gasteiger partial charge in [-0.05, 0) is 37.6 Å². The van der Waals surface area contributed by atoms with Crippen LogP contribution in [0.25, 0.3) is 27.7 Å². The number of ether oxygens (including phenoxy) is 1. The molecule has 0 atom stereocenters. The van der Waals surface area contributed by atoms with E-state index in [-0.39, 0.29) is 5.91 Å². The van der Waals surface area contributed by atoms with E-state index in [1.807, 2.05) is 26.0 Å². The Kier molecular flexibility index (Phi) is 6.32. The van der Waals surface area contributed by atoms with Gasteiger partial charge in [0.25, 0.3) is 0 Å². The van der Waals surface area contributed by atoms with Gasteiger partial charge in [0.15, 0.2) is 5.17 Å².